The molecule has 6 heteroatoms. The summed E-state index contributed by atoms with van der Waals surface area (Å²) in [5.74, 6) is 0. The van der Waals surface area contributed by atoms with Crippen LogP contribution in [-0.4, -0.2) is 48.9 Å². The van der Waals surface area contributed by atoms with Crippen LogP contribution in [0, 0.1) is 0 Å². The normalized spacial score (nSPS) is 20.0. The Morgan fingerprint density at radius 2 is 2.00 bits per heavy atom. The molecule has 0 aromatic rings. The van der Waals surface area contributed by atoms with E-state index in [4.69, 9.17) is 9.47 Å². The number of carbonyl (C=O) groups is 2. The summed E-state index contributed by atoms with van der Waals surface area (Å²) in [4.78, 5) is 24.3. The zero-order valence-corrected chi connectivity index (χ0v) is 10.8. The Morgan fingerprint density at radius 3 is 2.53 bits per heavy atom. The molecule has 0 radical (unpaired) electrons. The van der Waals surface area contributed by atoms with Gasteiger partial charge in [-0.2, -0.15) is 0 Å². The van der Waals surface area contributed by atoms with Gasteiger partial charge in [0.05, 0.1) is 6.54 Å². The van der Waals surface area contributed by atoms with Crippen molar-refractivity contribution in [1.82, 2.24) is 10.2 Å². The lowest BCUT2D eigenvalue weighted by atomic mass is 10.2. The van der Waals surface area contributed by atoms with Crippen LogP contribution in [0.15, 0.2) is 0 Å². The molecule has 1 saturated heterocycles. The van der Waals surface area contributed by atoms with E-state index in [1.165, 1.54) is 7.05 Å². The SMILES string of the molecule is CNC(=O)OC1CCN(C(=O)OC(C)(C)C)C1. The molecule has 1 heterocycles. The first-order valence-corrected chi connectivity index (χ1v) is 5.68. The molecule has 1 N–H and O–H groups in total. The Balaban J connectivity index is 2.39. The van der Waals surface area contributed by atoms with Crippen LogP contribution in [0.2, 0.25) is 0 Å². The molecule has 0 bridgehead atoms. The third-order valence-corrected chi connectivity index (χ3v) is 2.27. The first-order valence-electron chi connectivity index (χ1n) is 5.68. The van der Waals surface area contributed by atoms with Gasteiger partial charge in [0.15, 0.2) is 0 Å². The number of likely N-dealkylation sites (tertiary alicyclic amines) is 1. The summed E-state index contributed by atoms with van der Waals surface area (Å²) in [6.07, 6.45) is -0.434. The molecule has 1 aliphatic heterocycles. The number of alkyl carbamates (subject to hydrolysis) is 1. The van der Waals surface area contributed by atoms with Crippen LogP contribution < -0.4 is 5.32 Å². The van der Waals surface area contributed by atoms with E-state index in [0.717, 1.165) is 0 Å². The van der Waals surface area contributed by atoms with Crippen LogP contribution in [0.3, 0.4) is 0 Å². The zero-order chi connectivity index (χ0) is 13.1. The predicted molar refractivity (Wildman–Crippen MR) is 61.8 cm³/mol. The van der Waals surface area contributed by atoms with Gasteiger partial charge < -0.3 is 19.7 Å². The lowest BCUT2D eigenvalue weighted by Crippen LogP contribution is -2.36. The quantitative estimate of drug-likeness (QED) is 0.756. The zero-order valence-electron chi connectivity index (χ0n) is 10.8. The van der Waals surface area contributed by atoms with Crippen LogP contribution in [-0.2, 0) is 9.47 Å². The highest BCUT2D eigenvalue weighted by Crippen LogP contribution is 2.17. The molecule has 0 saturated carbocycles. The maximum Gasteiger partial charge on any atom is 0.410 e. The molecule has 1 atom stereocenters. The summed E-state index contributed by atoms with van der Waals surface area (Å²) in [6.45, 7) is 6.40. The minimum Gasteiger partial charge on any atom is -0.444 e. The summed E-state index contributed by atoms with van der Waals surface area (Å²) in [5.41, 5.74) is -0.503. The van der Waals surface area contributed by atoms with Crippen molar-refractivity contribution in [2.24, 2.45) is 0 Å². The average molecular weight is 244 g/mol. The standard InChI is InChI=1S/C11H20N2O4/c1-11(2,3)17-10(15)13-6-5-8(7-13)16-9(14)12-4/h8H,5-7H2,1-4H3,(H,12,14). The molecule has 1 rings (SSSR count). The van der Waals surface area contributed by atoms with Gasteiger partial charge >= 0.3 is 12.2 Å². The lowest BCUT2D eigenvalue weighted by Gasteiger charge is -2.24. The van der Waals surface area contributed by atoms with Gasteiger partial charge in [-0.25, -0.2) is 9.59 Å². The van der Waals surface area contributed by atoms with Gasteiger partial charge in [-0.3, -0.25) is 0 Å². The van der Waals surface area contributed by atoms with Crippen molar-refractivity contribution in [3.05, 3.63) is 0 Å². The van der Waals surface area contributed by atoms with E-state index in [1.807, 2.05) is 20.8 Å². The number of nitrogens with zero attached hydrogens (tertiary/aromatic N) is 1. The highest BCUT2D eigenvalue weighted by atomic mass is 16.6. The van der Waals surface area contributed by atoms with Gasteiger partial charge in [-0.15, -0.1) is 0 Å². The van der Waals surface area contributed by atoms with Gasteiger partial charge in [0.1, 0.15) is 11.7 Å². The van der Waals surface area contributed by atoms with E-state index in [9.17, 15) is 9.59 Å². The molecule has 0 spiro atoms. The molecule has 0 aromatic carbocycles. The van der Waals surface area contributed by atoms with E-state index in [1.54, 1.807) is 4.90 Å². The summed E-state index contributed by atoms with van der Waals surface area (Å²) in [6, 6.07) is 0. The number of hydrogen-bond donors (Lipinski definition) is 1. The van der Waals surface area contributed by atoms with E-state index in [2.05, 4.69) is 5.32 Å². The summed E-state index contributed by atoms with van der Waals surface area (Å²) in [7, 11) is 1.50. The molecular weight excluding hydrogens is 224 g/mol. The predicted octanol–water partition coefficient (Wildman–Crippen LogP) is 1.35. The largest absolute Gasteiger partial charge is 0.444 e. The van der Waals surface area contributed by atoms with E-state index in [-0.39, 0.29) is 12.2 Å². The monoisotopic (exact) mass is 244 g/mol. The second-order valence-electron chi connectivity index (χ2n) is 4.99. The van der Waals surface area contributed by atoms with Crippen molar-refractivity contribution >= 4 is 12.2 Å². The third-order valence-electron chi connectivity index (χ3n) is 2.27. The Hall–Kier alpha value is -1.46. The summed E-state index contributed by atoms with van der Waals surface area (Å²) >= 11 is 0. The second-order valence-corrected chi connectivity index (χ2v) is 4.99. The van der Waals surface area contributed by atoms with Gasteiger partial charge in [0.25, 0.3) is 0 Å². The third kappa shape index (κ3) is 4.50. The van der Waals surface area contributed by atoms with Crippen LogP contribution >= 0.6 is 0 Å². The van der Waals surface area contributed by atoms with Crippen LogP contribution in [0.5, 0.6) is 0 Å². The molecule has 17 heavy (non-hydrogen) atoms. The maximum atomic E-state index is 11.7. The maximum absolute atomic E-state index is 11.7. The van der Waals surface area contributed by atoms with Crippen LogP contribution in [0.4, 0.5) is 9.59 Å². The molecule has 2 amide bonds. The molecule has 0 aromatic heterocycles. The van der Waals surface area contributed by atoms with Crippen molar-refractivity contribution in [2.75, 3.05) is 20.1 Å². The Kier molecular flexibility index (Phi) is 4.20. The topological polar surface area (TPSA) is 67.9 Å². The molecular formula is C11H20N2O4. The smallest absolute Gasteiger partial charge is 0.410 e. The molecule has 1 fully saturated rings. The van der Waals surface area contributed by atoms with Gasteiger partial charge in [0.2, 0.25) is 0 Å². The first-order chi connectivity index (χ1) is 7.81. The number of amides is 2. The Bertz CT molecular complexity index is 298. The summed E-state index contributed by atoms with van der Waals surface area (Å²) < 4.78 is 10.3. The molecule has 6 nitrogen and oxygen atoms in total. The fraction of sp³-hybridized carbons (Fsp3) is 0.818. The van der Waals surface area contributed by atoms with Crippen molar-refractivity contribution in [3.63, 3.8) is 0 Å². The number of rotatable bonds is 1. The number of nitrogens with one attached hydrogen (secondary N) is 1. The summed E-state index contributed by atoms with van der Waals surface area (Å²) in [5, 5.41) is 2.38. The first kappa shape index (κ1) is 13.6. The minimum atomic E-state index is -0.503. The number of ether oxygens (including phenoxy) is 2. The van der Waals surface area contributed by atoms with E-state index in [0.29, 0.717) is 19.5 Å². The molecule has 98 valence electrons. The van der Waals surface area contributed by atoms with Crippen LogP contribution in [0.1, 0.15) is 27.2 Å². The van der Waals surface area contributed by atoms with Gasteiger partial charge in [-0.05, 0) is 20.8 Å². The lowest BCUT2D eigenvalue weighted by molar-refractivity contribution is 0.0259. The number of hydrogen-bond acceptors (Lipinski definition) is 4. The Morgan fingerprint density at radius 1 is 1.35 bits per heavy atom. The van der Waals surface area contributed by atoms with Crippen molar-refractivity contribution in [1.29, 1.82) is 0 Å². The Labute approximate surface area is 101 Å². The van der Waals surface area contributed by atoms with Crippen molar-refractivity contribution in [3.8, 4) is 0 Å². The number of carbonyl (C=O) groups excluding carboxylic acids is 2. The molecule has 1 aliphatic rings. The molecule has 1 unspecified atom stereocenters. The fourth-order valence-electron chi connectivity index (χ4n) is 1.53. The highest BCUT2D eigenvalue weighted by molar-refractivity contribution is 5.69. The highest BCUT2D eigenvalue weighted by Gasteiger charge is 2.31. The van der Waals surface area contributed by atoms with Crippen molar-refractivity contribution < 1.29 is 19.1 Å². The van der Waals surface area contributed by atoms with E-state index >= 15 is 0 Å². The van der Waals surface area contributed by atoms with Crippen molar-refractivity contribution in [2.45, 2.75) is 38.9 Å². The minimum absolute atomic E-state index is 0.248. The fourth-order valence-corrected chi connectivity index (χ4v) is 1.53. The second kappa shape index (κ2) is 5.25. The van der Waals surface area contributed by atoms with Crippen LogP contribution in [0.25, 0.3) is 0 Å². The average Bonchev–Trinajstić information content (AvgIpc) is 2.63. The van der Waals surface area contributed by atoms with E-state index < -0.39 is 11.7 Å². The van der Waals surface area contributed by atoms with Gasteiger partial charge in [0, 0.05) is 20.0 Å². The molecule has 0 aliphatic carbocycles. The van der Waals surface area contributed by atoms with Gasteiger partial charge in [-0.1, -0.05) is 0 Å².